The molecule has 1 aromatic rings. The van der Waals surface area contributed by atoms with E-state index in [1.54, 1.807) is 12.1 Å². The predicted octanol–water partition coefficient (Wildman–Crippen LogP) is 2.45. The van der Waals surface area contributed by atoms with E-state index in [1.807, 2.05) is 12.1 Å². The molecule has 76 valence electrons. The zero-order valence-corrected chi connectivity index (χ0v) is 10.1. The Balaban J connectivity index is 0.000000500. The van der Waals surface area contributed by atoms with E-state index in [0.29, 0.717) is 5.75 Å². The van der Waals surface area contributed by atoms with Gasteiger partial charge in [0.2, 0.25) is 0 Å². The van der Waals surface area contributed by atoms with Crippen molar-refractivity contribution in [3.05, 3.63) is 29.8 Å². The summed E-state index contributed by atoms with van der Waals surface area (Å²) in [4.78, 5) is 0. The predicted molar refractivity (Wildman–Crippen MR) is 48.2 cm³/mol. The van der Waals surface area contributed by atoms with Crippen LogP contribution in [0.5, 0.6) is 5.75 Å². The van der Waals surface area contributed by atoms with E-state index in [2.05, 4.69) is 20.8 Å². The molecule has 0 aliphatic heterocycles. The first-order chi connectivity index (χ1) is 6.41. The molecule has 0 saturated carbocycles. The Morgan fingerprint density at radius 1 is 1.21 bits per heavy atom. The molecule has 1 aromatic carbocycles. The molecule has 0 radical (unpaired) electrons. The third-order valence-electron chi connectivity index (χ3n) is 1.71. The second-order valence-corrected chi connectivity index (χ2v) is 4.14. The molecule has 1 rings (SSSR count). The van der Waals surface area contributed by atoms with Gasteiger partial charge in [-0.1, -0.05) is 32.9 Å². The quantitative estimate of drug-likeness (QED) is 0.696. The summed E-state index contributed by atoms with van der Waals surface area (Å²) in [5.74, 6) is 0.345. The summed E-state index contributed by atoms with van der Waals surface area (Å²) in [6.07, 6.45) is 0. The number of hydrogen-bond donors (Lipinski definition) is 1. The van der Waals surface area contributed by atoms with Crippen LogP contribution < -0.4 is 0 Å². The van der Waals surface area contributed by atoms with Crippen LogP contribution in [-0.4, -0.2) is 5.11 Å². The van der Waals surface area contributed by atoms with Crippen molar-refractivity contribution in [2.75, 3.05) is 0 Å². The Morgan fingerprint density at radius 2 is 1.71 bits per heavy atom. The Bertz CT molecular complexity index is 322. The first kappa shape index (κ1) is 13.3. The van der Waals surface area contributed by atoms with Crippen LogP contribution in [0.4, 0.5) is 0 Å². The van der Waals surface area contributed by atoms with Gasteiger partial charge in [0.15, 0.2) is 0 Å². The van der Waals surface area contributed by atoms with Crippen LogP contribution >= 0.6 is 0 Å². The maximum absolute atomic E-state index is 9.18. The molecule has 0 amide bonds. The number of phenolic OH excluding ortho intramolecular Hbond substituents is 1. The van der Waals surface area contributed by atoms with Gasteiger partial charge in [0, 0.05) is 0 Å². The minimum absolute atomic E-state index is 0.124. The summed E-state index contributed by atoms with van der Waals surface area (Å²) in [5.41, 5.74) is 1.29. The number of phenols is 1. The van der Waals surface area contributed by atoms with Gasteiger partial charge in [0.25, 0.3) is 0 Å². The second-order valence-electron chi connectivity index (χ2n) is 3.88. The Labute approximate surface area is 92.7 Å². The van der Waals surface area contributed by atoms with Gasteiger partial charge < -0.3 is 5.11 Å². The average Bonchev–Trinajstić information content (AvgIpc) is 2.04. The molecule has 0 aliphatic rings. The van der Waals surface area contributed by atoms with Crippen LogP contribution in [0.3, 0.4) is 0 Å². The summed E-state index contributed by atoms with van der Waals surface area (Å²) in [7, 11) is 0. The van der Waals surface area contributed by atoms with Gasteiger partial charge in [-0.05, 0) is 23.1 Å². The third-order valence-corrected chi connectivity index (χ3v) is 1.71. The summed E-state index contributed by atoms with van der Waals surface area (Å²) in [5, 5.41) is 9.18. The summed E-state index contributed by atoms with van der Waals surface area (Å²) >= 11 is -2.00. The normalized spacial score (nSPS) is 9.64. The monoisotopic (exact) mass is 230 g/mol. The summed E-state index contributed by atoms with van der Waals surface area (Å²) < 4.78 is 17.0. The molecule has 4 heteroatoms. The first-order valence-corrected chi connectivity index (χ1v) is 5.48. The van der Waals surface area contributed by atoms with Crippen LogP contribution in [0.15, 0.2) is 24.3 Å². The molecular formula is C10H14O3Ti. The van der Waals surface area contributed by atoms with Crippen LogP contribution in [-0.2, 0) is 31.2 Å². The zero-order chi connectivity index (χ0) is 11.2. The van der Waals surface area contributed by atoms with Crippen LogP contribution in [0, 0.1) is 0 Å². The van der Waals surface area contributed by atoms with Crippen molar-refractivity contribution in [3.63, 3.8) is 0 Å². The van der Waals surface area contributed by atoms with E-state index in [4.69, 9.17) is 6.65 Å². The Kier molecular flexibility index (Phi) is 5.66. The van der Waals surface area contributed by atoms with E-state index in [-0.39, 0.29) is 5.41 Å². The third kappa shape index (κ3) is 5.15. The van der Waals surface area contributed by atoms with Crippen LogP contribution in [0.1, 0.15) is 26.3 Å². The molecule has 0 saturated heterocycles. The molecule has 0 spiro atoms. The van der Waals surface area contributed by atoms with Crippen LogP contribution in [0.25, 0.3) is 0 Å². The Hall–Kier alpha value is -0.666. The van der Waals surface area contributed by atoms with Gasteiger partial charge in [-0.15, -0.1) is 0 Å². The molecule has 0 aromatic heterocycles. The van der Waals surface area contributed by atoms with Crippen molar-refractivity contribution in [2.24, 2.45) is 0 Å². The van der Waals surface area contributed by atoms with Gasteiger partial charge in [0.1, 0.15) is 5.75 Å². The van der Waals surface area contributed by atoms with Gasteiger partial charge in [0.05, 0.1) is 0 Å². The summed E-state index contributed by atoms with van der Waals surface area (Å²) in [6.45, 7) is 6.38. The first-order valence-electron chi connectivity index (χ1n) is 4.20. The van der Waals surface area contributed by atoms with E-state index in [1.165, 1.54) is 0 Å². The van der Waals surface area contributed by atoms with Gasteiger partial charge in [-0.3, -0.25) is 0 Å². The second kappa shape index (κ2) is 5.94. The molecule has 0 fully saturated rings. The fourth-order valence-electron chi connectivity index (χ4n) is 0.972. The molecule has 0 heterocycles. The van der Waals surface area contributed by atoms with Crippen molar-refractivity contribution in [2.45, 2.75) is 26.2 Å². The van der Waals surface area contributed by atoms with Crippen molar-refractivity contribution in [3.8, 4) is 5.75 Å². The molecular weight excluding hydrogens is 216 g/mol. The fraction of sp³-hybridized carbons (Fsp3) is 0.400. The van der Waals surface area contributed by atoms with Crippen molar-refractivity contribution < 1.29 is 30.8 Å². The molecule has 14 heavy (non-hydrogen) atoms. The zero-order valence-electron chi connectivity index (χ0n) is 8.57. The van der Waals surface area contributed by atoms with Crippen molar-refractivity contribution >= 4 is 0 Å². The summed E-state index contributed by atoms with van der Waals surface area (Å²) in [6, 6.07) is 7.39. The average molecular weight is 230 g/mol. The molecule has 3 nitrogen and oxygen atoms in total. The van der Waals surface area contributed by atoms with Crippen molar-refractivity contribution in [1.82, 2.24) is 0 Å². The standard InChI is InChI=1S/C10H14O.2O.Ti/c1-10(2,3)8-5-4-6-9(11)7-8;;;/h4-7,11H,1-3H3;;;. The number of benzene rings is 1. The van der Waals surface area contributed by atoms with Crippen molar-refractivity contribution in [1.29, 1.82) is 0 Å². The molecule has 0 bridgehead atoms. The molecule has 0 unspecified atom stereocenters. The van der Waals surface area contributed by atoms with E-state index in [9.17, 15) is 5.11 Å². The van der Waals surface area contributed by atoms with Crippen LogP contribution in [0.2, 0.25) is 0 Å². The van der Waals surface area contributed by atoms with Gasteiger partial charge >= 0.3 is 25.7 Å². The number of hydrogen-bond acceptors (Lipinski definition) is 3. The fourth-order valence-corrected chi connectivity index (χ4v) is 0.972. The molecule has 0 aliphatic carbocycles. The van der Waals surface area contributed by atoms with E-state index >= 15 is 0 Å². The van der Waals surface area contributed by atoms with E-state index in [0.717, 1.165) is 5.56 Å². The van der Waals surface area contributed by atoms with E-state index < -0.39 is 19.1 Å². The SMILES string of the molecule is CC(C)(C)c1cccc(O)c1.[O]=[Ti]=[O]. The molecule has 1 N–H and O–H groups in total. The topological polar surface area (TPSA) is 54.4 Å². The number of rotatable bonds is 0. The molecule has 0 atom stereocenters. The maximum atomic E-state index is 9.18. The van der Waals surface area contributed by atoms with Gasteiger partial charge in [-0.25, -0.2) is 0 Å². The Morgan fingerprint density at radius 3 is 2.00 bits per heavy atom. The van der Waals surface area contributed by atoms with Gasteiger partial charge in [-0.2, -0.15) is 0 Å². The number of aromatic hydroxyl groups is 1. The minimum atomic E-state index is -2.00.